The summed E-state index contributed by atoms with van der Waals surface area (Å²) >= 11 is 0. The fourth-order valence-electron chi connectivity index (χ4n) is 3.44. The Balaban J connectivity index is 1.54. The number of hydrogen-bond acceptors (Lipinski definition) is 6. The first-order chi connectivity index (χ1) is 11.4. The number of piperidine rings is 1. The van der Waals surface area contributed by atoms with Crippen LogP contribution in [0, 0.1) is 0 Å². The summed E-state index contributed by atoms with van der Waals surface area (Å²) in [5.74, 6) is 1.82. The summed E-state index contributed by atoms with van der Waals surface area (Å²) in [4.78, 5) is 14.1. The van der Waals surface area contributed by atoms with Crippen LogP contribution >= 0.6 is 0 Å². The number of nitrogens with zero attached hydrogens (tertiary/aromatic N) is 4. The van der Waals surface area contributed by atoms with Gasteiger partial charge in [0, 0.05) is 45.0 Å². The molecule has 0 saturated carbocycles. The van der Waals surface area contributed by atoms with Gasteiger partial charge in [0.2, 0.25) is 5.95 Å². The van der Waals surface area contributed by atoms with Crippen molar-refractivity contribution in [3.05, 3.63) is 12.3 Å². The zero-order valence-electron chi connectivity index (χ0n) is 14.2. The molecule has 0 bridgehead atoms. The molecule has 1 N–H and O–H groups in total. The highest BCUT2D eigenvalue weighted by molar-refractivity contribution is 5.42. The third kappa shape index (κ3) is 4.54. The molecule has 3 heterocycles. The van der Waals surface area contributed by atoms with Crippen molar-refractivity contribution in [2.45, 2.75) is 38.6 Å². The maximum absolute atomic E-state index is 5.38. The average Bonchev–Trinajstić information content (AvgIpc) is 2.63. The lowest BCUT2D eigenvalue weighted by molar-refractivity contribution is 0.0398. The quantitative estimate of drug-likeness (QED) is 0.865. The molecule has 2 fully saturated rings. The molecular weight excluding hydrogens is 290 g/mol. The molecular formula is C17H29N5O. The van der Waals surface area contributed by atoms with E-state index < -0.39 is 0 Å². The molecule has 6 heteroatoms. The number of ether oxygens (including phenoxy) is 1. The summed E-state index contributed by atoms with van der Waals surface area (Å²) in [6, 6.07) is 2.56. The smallest absolute Gasteiger partial charge is 0.227 e. The summed E-state index contributed by atoms with van der Waals surface area (Å²) in [5.41, 5.74) is 0. The van der Waals surface area contributed by atoms with Crippen LogP contribution in [0.4, 0.5) is 11.8 Å². The zero-order chi connectivity index (χ0) is 15.9. The van der Waals surface area contributed by atoms with Gasteiger partial charge in [-0.1, -0.05) is 6.92 Å². The summed E-state index contributed by atoms with van der Waals surface area (Å²) in [6.45, 7) is 9.04. The first-order valence-corrected chi connectivity index (χ1v) is 9.00. The second-order valence-electron chi connectivity index (χ2n) is 6.37. The molecule has 2 aliphatic rings. The van der Waals surface area contributed by atoms with Crippen LogP contribution in [-0.4, -0.2) is 66.8 Å². The van der Waals surface area contributed by atoms with Gasteiger partial charge >= 0.3 is 0 Å². The molecule has 128 valence electrons. The largest absolute Gasteiger partial charge is 0.379 e. The molecule has 1 atom stereocenters. The number of hydrogen-bond donors (Lipinski definition) is 1. The van der Waals surface area contributed by atoms with E-state index in [-0.39, 0.29) is 0 Å². The van der Waals surface area contributed by atoms with E-state index in [4.69, 9.17) is 9.72 Å². The number of aromatic nitrogens is 2. The van der Waals surface area contributed by atoms with Gasteiger partial charge in [0.25, 0.3) is 0 Å². The Morgan fingerprint density at radius 1 is 1.26 bits per heavy atom. The zero-order valence-corrected chi connectivity index (χ0v) is 14.2. The number of rotatable bonds is 6. The molecule has 0 aromatic carbocycles. The molecule has 2 saturated heterocycles. The summed E-state index contributed by atoms with van der Waals surface area (Å²) in [7, 11) is 0. The highest BCUT2D eigenvalue weighted by Crippen LogP contribution is 2.24. The molecule has 1 aromatic heterocycles. The van der Waals surface area contributed by atoms with E-state index in [0.717, 1.165) is 64.1 Å². The van der Waals surface area contributed by atoms with E-state index >= 15 is 0 Å². The Bertz CT molecular complexity index is 478. The Morgan fingerprint density at radius 2 is 2.13 bits per heavy atom. The third-order valence-corrected chi connectivity index (χ3v) is 4.84. The van der Waals surface area contributed by atoms with Crippen molar-refractivity contribution >= 4 is 11.8 Å². The Hall–Kier alpha value is -1.40. The van der Waals surface area contributed by atoms with Crippen molar-refractivity contribution in [2.75, 3.05) is 56.2 Å². The van der Waals surface area contributed by atoms with E-state index in [1.165, 1.54) is 19.3 Å². The first kappa shape index (κ1) is 16.5. The first-order valence-electron chi connectivity index (χ1n) is 9.00. The minimum Gasteiger partial charge on any atom is -0.379 e. The van der Waals surface area contributed by atoms with Gasteiger partial charge in [-0.3, -0.25) is 4.90 Å². The predicted octanol–water partition coefficient (Wildman–Crippen LogP) is 1.99. The maximum Gasteiger partial charge on any atom is 0.227 e. The van der Waals surface area contributed by atoms with Crippen molar-refractivity contribution < 1.29 is 4.74 Å². The molecule has 0 radical (unpaired) electrons. The fraction of sp³-hybridized carbons (Fsp3) is 0.765. The predicted molar refractivity (Wildman–Crippen MR) is 93.1 cm³/mol. The molecule has 23 heavy (non-hydrogen) atoms. The topological polar surface area (TPSA) is 53.5 Å². The van der Waals surface area contributed by atoms with Gasteiger partial charge in [-0.25, -0.2) is 4.98 Å². The fourth-order valence-corrected chi connectivity index (χ4v) is 3.44. The van der Waals surface area contributed by atoms with Crippen LogP contribution in [0.1, 0.15) is 32.6 Å². The normalized spacial score (nSPS) is 23.0. The molecule has 0 spiro atoms. The van der Waals surface area contributed by atoms with Gasteiger partial charge in [-0.05, 0) is 31.7 Å². The lowest BCUT2D eigenvalue weighted by atomic mass is 10.0. The van der Waals surface area contributed by atoms with Crippen LogP contribution in [0.15, 0.2) is 12.3 Å². The third-order valence-electron chi connectivity index (χ3n) is 4.84. The number of anilines is 2. The second kappa shape index (κ2) is 8.45. The minimum atomic E-state index is 0.590. The Morgan fingerprint density at radius 3 is 2.96 bits per heavy atom. The molecule has 0 amide bonds. The molecule has 3 rings (SSSR count). The Labute approximate surface area is 139 Å². The van der Waals surface area contributed by atoms with Crippen molar-refractivity contribution in [3.63, 3.8) is 0 Å². The van der Waals surface area contributed by atoms with Crippen LogP contribution in [0.25, 0.3) is 0 Å². The van der Waals surface area contributed by atoms with E-state index in [1.54, 1.807) is 0 Å². The lowest BCUT2D eigenvalue weighted by Gasteiger charge is -2.35. The average molecular weight is 319 g/mol. The molecule has 2 aliphatic heterocycles. The van der Waals surface area contributed by atoms with E-state index in [2.05, 4.69) is 27.0 Å². The highest BCUT2D eigenvalue weighted by Gasteiger charge is 2.23. The molecule has 1 aromatic rings. The minimum absolute atomic E-state index is 0.590. The maximum atomic E-state index is 5.38. The van der Waals surface area contributed by atoms with E-state index in [1.807, 2.05) is 12.3 Å². The van der Waals surface area contributed by atoms with Gasteiger partial charge in [0.05, 0.1) is 13.2 Å². The summed E-state index contributed by atoms with van der Waals surface area (Å²) in [6.07, 6.45) is 6.87. The molecule has 1 unspecified atom stereocenters. The van der Waals surface area contributed by atoms with Crippen molar-refractivity contribution in [1.29, 1.82) is 0 Å². The van der Waals surface area contributed by atoms with Crippen LogP contribution in [-0.2, 0) is 4.74 Å². The van der Waals surface area contributed by atoms with Gasteiger partial charge in [-0.15, -0.1) is 0 Å². The van der Waals surface area contributed by atoms with Crippen LogP contribution in [0.5, 0.6) is 0 Å². The van der Waals surface area contributed by atoms with Gasteiger partial charge in [-0.2, -0.15) is 4.98 Å². The summed E-state index contributed by atoms with van der Waals surface area (Å²) < 4.78 is 5.38. The monoisotopic (exact) mass is 319 g/mol. The second-order valence-corrected chi connectivity index (χ2v) is 6.37. The number of nitrogens with one attached hydrogen (secondary N) is 1. The van der Waals surface area contributed by atoms with Crippen LogP contribution in [0.3, 0.4) is 0 Å². The van der Waals surface area contributed by atoms with Crippen molar-refractivity contribution in [3.8, 4) is 0 Å². The van der Waals surface area contributed by atoms with Crippen molar-refractivity contribution in [1.82, 2.24) is 14.9 Å². The molecule has 6 nitrogen and oxygen atoms in total. The summed E-state index contributed by atoms with van der Waals surface area (Å²) in [5, 5.41) is 3.44. The van der Waals surface area contributed by atoms with Gasteiger partial charge in [0.1, 0.15) is 5.82 Å². The Kier molecular flexibility index (Phi) is 6.05. The SMILES string of the molecule is CCC1CCCCN1c1nccc(NCCN2CCOCC2)n1. The van der Waals surface area contributed by atoms with Crippen LogP contribution in [0.2, 0.25) is 0 Å². The standard InChI is InChI=1S/C17H29N5O/c1-2-15-5-3-4-9-22(15)17-19-7-6-16(20-17)18-8-10-21-11-13-23-14-12-21/h6-7,15H,2-5,8-14H2,1H3,(H,18,19,20). The lowest BCUT2D eigenvalue weighted by Crippen LogP contribution is -2.40. The molecule has 0 aliphatic carbocycles. The van der Waals surface area contributed by atoms with Gasteiger partial charge < -0.3 is 15.0 Å². The van der Waals surface area contributed by atoms with Crippen molar-refractivity contribution in [2.24, 2.45) is 0 Å². The van der Waals surface area contributed by atoms with Crippen LogP contribution < -0.4 is 10.2 Å². The van der Waals surface area contributed by atoms with E-state index in [9.17, 15) is 0 Å². The number of morpholine rings is 1. The highest BCUT2D eigenvalue weighted by atomic mass is 16.5. The van der Waals surface area contributed by atoms with E-state index in [0.29, 0.717) is 6.04 Å². The van der Waals surface area contributed by atoms with Gasteiger partial charge in [0.15, 0.2) is 0 Å².